The number of nitrogens with zero attached hydrogens (tertiary/aromatic N) is 1. The molecule has 4 N–H and O–H groups in total. The highest BCUT2D eigenvalue weighted by atomic mass is 35.5. The van der Waals surface area contributed by atoms with E-state index in [-0.39, 0.29) is 36.8 Å². The highest BCUT2D eigenvalue weighted by Gasteiger charge is 2.20. The Balaban J connectivity index is -0.00000312. The molecule has 0 aromatic rings. The van der Waals surface area contributed by atoms with Gasteiger partial charge in [-0.15, -0.1) is 24.8 Å². The molecule has 0 unspecified atom stereocenters. The Hall–Kier alpha value is -0.0300. The maximum Gasteiger partial charge on any atom is 0.239 e. The van der Waals surface area contributed by atoms with Gasteiger partial charge in [0, 0.05) is 13.1 Å². The monoisotopic (exact) mass is 441 g/mol. The van der Waals surface area contributed by atoms with Crippen LogP contribution < -0.4 is 11.5 Å². The Bertz CT molecular complexity index is 304. The van der Waals surface area contributed by atoms with Crippen LogP contribution in [0.25, 0.3) is 0 Å². The summed E-state index contributed by atoms with van der Waals surface area (Å²) >= 11 is 0. The zero-order valence-electron chi connectivity index (χ0n) is 18.6. The van der Waals surface area contributed by atoms with E-state index in [1.54, 1.807) is 0 Å². The number of hydrogen-bond donors (Lipinski definition) is 2. The Kier molecular flexibility index (Phi) is 29.1. The van der Waals surface area contributed by atoms with Crippen molar-refractivity contribution < 1.29 is 4.79 Å². The first-order valence-electron chi connectivity index (χ1n) is 11.4. The molecule has 0 fully saturated rings. The predicted molar refractivity (Wildman–Crippen MR) is 129 cm³/mol. The lowest BCUT2D eigenvalue weighted by Gasteiger charge is -2.26. The van der Waals surface area contributed by atoms with Gasteiger partial charge in [-0.25, -0.2) is 0 Å². The Morgan fingerprint density at radius 3 is 1.57 bits per heavy atom. The van der Waals surface area contributed by atoms with Crippen LogP contribution in [0.4, 0.5) is 0 Å². The maximum absolute atomic E-state index is 12.7. The van der Waals surface area contributed by atoms with E-state index < -0.39 is 0 Å². The van der Waals surface area contributed by atoms with Crippen LogP contribution in [0.1, 0.15) is 110 Å². The number of nitrogens with two attached hydrogens (primary N) is 2. The first-order valence-corrected chi connectivity index (χ1v) is 11.4. The van der Waals surface area contributed by atoms with Crippen LogP contribution in [-0.2, 0) is 4.79 Å². The van der Waals surface area contributed by atoms with Crippen molar-refractivity contribution in [2.24, 2.45) is 11.5 Å². The molecule has 0 rings (SSSR count). The van der Waals surface area contributed by atoms with Crippen LogP contribution in [0.3, 0.4) is 0 Å². The first kappa shape index (κ1) is 32.6. The standard InChI is InChI=1S/C22H47N3O.2ClH/c1-3-5-7-9-11-15-19-25(20-16-12-10-8-6-4-2)22(26)21(24)17-13-14-18-23;;/h21H,3-20,23-24H2,1-2H3;2*1H/t21-;;/m0../s1. The number of carbonyl (C=O) groups is 1. The maximum atomic E-state index is 12.7. The van der Waals surface area contributed by atoms with E-state index >= 15 is 0 Å². The molecule has 0 aliphatic rings. The fourth-order valence-corrected chi connectivity index (χ4v) is 3.36. The van der Waals surface area contributed by atoms with Gasteiger partial charge in [0.2, 0.25) is 5.91 Å². The highest BCUT2D eigenvalue weighted by molar-refractivity contribution is 5.85. The van der Waals surface area contributed by atoms with Gasteiger partial charge in [0.1, 0.15) is 0 Å². The SMILES string of the molecule is CCCCCCCCN(CCCCCCCC)C(=O)[C@@H](N)CCCCN.Cl.Cl. The number of carbonyl (C=O) groups excluding carboxylic acids is 1. The number of unbranched alkanes of at least 4 members (excludes halogenated alkanes) is 11. The molecule has 0 aromatic carbocycles. The molecule has 4 nitrogen and oxygen atoms in total. The summed E-state index contributed by atoms with van der Waals surface area (Å²) in [6.45, 7) is 6.93. The molecule has 0 aromatic heterocycles. The molecule has 0 spiro atoms. The minimum atomic E-state index is -0.346. The number of hydrogen-bond acceptors (Lipinski definition) is 3. The van der Waals surface area contributed by atoms with E-state index in [0.717, 1.165) is 45.2 Å². The lowest BCUT2D eigenvalue weighted by molar-refractivity contribution is -0.133. The van der Waals surface area contributed by atoms with Crippen molar-refractivity contribution in [3.05, 3.63) is 0 Å². The molecule has 0 aliphatic carbocycles. The molecule has 0 aliphatic heterocycles. The molecule has 1 atom stereocenters. The first-order chi connectivity index (χ1) is 12.7. The molecular weight excluding hydrogens is 393 g/mol. The minimum absolute atomic E-state index is 0. The van der Waals surface area contributed by atoms with Crippen molar-refractivity contribution in [1.29, 1.82) is 0 Å². The van der Waals surface area contributed by atoms with Crippen LogP contribution >= 0.6 is 24.8 Å². The number of amides is 1. The fraction of sp³-hybridized carbons (Fsp3) is 0.955. The van der Waals surface area contributed by atoms with Crippen molar-refractivity contribution >= 4 is 30.7 Å². The third-order valence-corrected chi connectivity index (χ3v) is 5.16. The van der Waals surface area contributed by atoms with Gasteiger partial charge in [0.15, 0.2) is 0 Å². The van der Waals surface area contributed by atoms with Crippen molar-refractivity contribution in [2.45, 2.75) is 116 Å². The third-order valence-electron chi connectivity index (χ3n) is 5.16. The van der Waals surface area contributed by atoms with E-state index in [1.165, 1.54) is 64.2 Å². The zero-order valence-corrected chi connectivity index (χ0v) is 20.3. The Morgan fingerprint density at radius 2 is 1.14 bits per heavy atom. The van der Waals surface area contributed by atoms with Crippen LogP contribution in [0.5, 0.6) is 0 Å². The van der Waals surface area contributed by atoms with E-state index in [2.05, 4.69) is 13.8 Å². The van der Waals surface area contributed by atoms with Gasteiger partial charge < -0.3 is 16.4 Å². The van der Waals surface area contributed by atoms with Crippen molar-refractivity contribution in [1.82, 2.24) is 4.90 Å². The Labute approximate surface area is 187 Å². The summed E-state index contributed by atoms with van der Waals surface area (Å²) in [4.78, 5) is 14.8. The van der Waals surface area contributed by atoms with Gasteiger partial charge in [0.25, 0.3) is 0 Å². The average Bonchev–Trinajstić information content (AvgIpc) is 2.65. The molecule has 6 heteroatoms. The largest absolute Gasteiger partial charge is 0.341 e. The number of halogens is 2. The molecule has 0 heterocycles. The average molecular weight is 443 g/mol. The van der Waals surface area contributed by atoms with Crippen LogP contribution in [-0.4, -0.2) is 36.5 Å². The van der Waals surface area contributed by atoms with Gasteiger partial charge in [-0.1, -0.05) is 84.5 Å². The lowest BCUT2D eigenvalue weighted by Crippen LogP contribution is -2.44. The van der Waals surface area contributed by atoms with Crippen LogP contribution in [0.15, 0.2) is 0 Å². The normalized spacial score (nSPS) is 11.4. The molecule has 172 valence electrons. The van der Waals surface area contributed by atoms with Crippen LogP contribution in [0.2, 0.25) is 0 Å². The summed E-state index contributed by atoms with van der Waals surface area (Å²) in [7, 11) is 0. The minimum Gasteiger partial charge on any atom is -0.341 e. The lowest BCUT2D eigenvalue weighted by atomic mass is 10.1. The van der Waals surface area contributed by atoms with Crippen LogP contribution in [0, 0.1) is 0 Å². The third kappa shape index (κ3) is 19.3. The number of rotatable bonds is 19. The van der Waals surface area contributed by atoms with E-state index in [1.807, 2.05) is 4.90 Å². The van der Waals surface area contributed by atoms with Crippen molar-refractivity contribution in [2.75, 3.05) is 19.6 Å². The second kappa shape index (κ2) is 25.0. The van der Waals surface area contributed by atoms with E-state index in [0.29, 0.717) is 6.54 Å². The van der Waals surface area contributed by atoms with Crippen molar-refractivity contribution in [3.63, 3.8) is 0 Å². The van der Waals surface area contributed by atoms with Crippen molar-refractivity contribution in [3.8, 4) is 0 Å². The smallest absolute Gasteiger partial charge is 0.239 e. The summed E-state index contributed by atoms with van der Waals surface area (Å²) in [5.74, 6) is 0.157. The van der Waals surface area contributed by atoms with Gasteiger partial charge >= 0.3 is 0 Å². The van der Waals surface area contributed by atoms with Gasteiger partial charge in [-0.3, -0.25) is 4.79 Å². The zero-order chi connectivity index (χ0) is 19.5. The molecule has 28 heavy (non-hydrogen) atoms. The fourth-order valence-electron chi connectivity index (χ4n) is 3.36. The quantitative estimate of drug-likeness (QED) is 0.247. The second-order valence-corrected chi connectivity index (χ2v) is 7.75. The molecule has 0 bridgehead atoms. The molecular formula is C22H49Cl2N3O. The summed E-state index contributed by atoms with van der Waals surface area (Å²) in [6.07, 6.45) is 17.8. The molecule has 1 amide bonds. The molecule has 0 radical (unpaired) electrons. The topological polar surface area (TPSA) is 72.3 Å². The van der Waals surface area contributed by atoms with Gasteiger partial charge in [-0.05, 0) is 32.2 Å². The van der Waals surface area contributed by atoms with E-state index in [9.17, 15) is 4.79 Å². The predicted octanol–water partition coefficient (Wildman–Crippen LogP) is 5.84. The van der Waals surface area contributed by atoms with E-state index in [4.69, 9.17) is 11.5 Å². The summed E-state index contributed by atoms with van der Waals surface area (Å²) in [5.41, 5.74) is 11.7. The molecule has 0 saturated heterocycles. The Morgan fingerprint density at radius 1 is 0.714 bits per heavy atom. The van der Waals surface area contributed by atoms with Gasteiger partial charge in [-0.2, -0.15) is 0 Å². The summed E-state index contributed by atoms with van der Waals surface area (Å²) in [6, 6.07) is -0.346. The summed E-state index contributed by atoms with van der Waals surface area (Å²) < 4.78 is 0. The molecule has 0 saturated carbocycles. The second-order valence-electron chi connectivity index (χ2n) is 7.75. The summed E-state index contributed by atoms with van der Waals surface area (Å²) in [5, 5.41) is 0. The highest BCUT2D eigenvalue weighted by Crippen LogP contribution is 2.11. The van der Waals surface area contributed by atoms with Gasteiger partial charge in [0.05, 0.1) is 6.04 Å².